The van der Waals surface area contributed by atoms with Crippen LogP contribution in [0.4, 0.5) is 11.5 Å². The largest absolute Gasteiger partial charge is 0.396 e. The molecule has 19 heavy (non-hydrogen) atoms. The van der Waals surface area contributed by atoms with Crippen LogP contribution < -0.4 is 11.1 Å². The van der Waals surface area contributed by atoms with Gasteiger partial charge < -0.3 is 11.1 Å². The molecule has 1 aliphatic carbocycles. The highest BCUT2D eigenvalue weighted by atomic mass is 15.0. The quantitative estimate of drug-likeness (QED) is 0.842. The highest BCUT2D eigenvalue weighted by molar-refractivity contribution is 5.61. The van der Waals surface area contributed by atoms with E-state index >= 15 is 0 Å². The molecule has 0 radical (unpaired) electrons. The molecular weight excluding hydrogens is 234 g/mol. The third-order valence-electron chi connectivity index (χ3n) is 4.19. The monoisotopic (exact) mass is 261 g/mol. The molecule has 1 aromatic heterocycles. The van der Waals surface area contributed by atoms with Crippen molar-refractivity contribution in [1.82, 2.24) is 4.98 Å². The number of hydrogen-bond donors (Lipinski definition) is 2. The Labute approximate surface area is 117 Å². The number of rotatable bonds is 5. The van der Waals surface area contributed by atoms with E-state index < -0.39 is 0 Å². The van der Waals surface area contributed by atoms with Crippen molar-refractivity contribution >= 4 is 11.5 Å². The molecule has 1 heterocycles. The standard InChI is InChI=1S/C16H27N3/c1-12(2)9-16(6-4-5-7-16)11-19-15-14(17)8-13(3)10-18-15/h8,10,12H,4-7,9,11,17H2,1-3H3,(H,18,19). The van der Waals surface area contributed by atoms with Gasteiger partial charge >= 0.3 is 0 Å². The molecular formula is C16H27N3. The highest BCUT2D eigenvalue weighted by Gasteiger charge is 2.34. The fraction of sp³-hybridized carbons (Fsp3) is 0.688. The SMILES string of the molecule is Cc1cnc(NCC2(CC(C)C)CCCC2)c(N)c1. The second-order valence-corrected chi connectivity index (χ2v) is 6.61. The van der Waals surface area contributed by atoms with Crippen LogP contribution >= 0.6 is 0 Å². The summed E-state index contributed by atoms with van der Waals surface area (Å²) in [4.78, 5) is 4.41. The molecule has 1 fully saturated rings. The number of anilines is 2. The zero-order chi connectivity index (χ0) is 13.9. The number of nitrogen functional groups attached to an aromatic ring is 1. The minimum atomic E-state index is 0.452. The lowest BCUT2D eigenvalue weighted by Gasteiger charge is -2.31. The second kappa shape index (κ2) is 5.81. The van der Waals surface area contributed by atoms with E-state index in [0.29, 0.717) is 5.41 Å². The summed E-state index contributed by atoms with van der Waals surface area (Å²) in [7, 11) is 0. The topological polar surface area (TPSA) is 50.9 Å². The minimum Gasteiger partial charge on any atom is -0.396 e. The van der Waals surface area contributed by atoms with Gasteiger partial charge in [-0.2, -0.15) is 0 Å². The van der Waals surface area contributed by atoms with Crippen LogP contribution in [-0.4, -0.2) is 11.5 Å². The van der Waals surface area contributed by atoms with Crippen molar-refractivity contribution in [2.24, 2.45) is 11.3 Å². The Bertz CT molecular complexity index is 420. The molecule has 0 amide bonds. The molecule has 0 spiro atoms. The molecule has 106 valence electrons. The number of nitrogens with one attached hydrogen (secondary N) is 1. The van der Waals surface area contributed by atoms with Crippen molar-refractivity contribution < 1.29 is 0 Å². The normalized spacial score (nSPS) is 17.9. The predicted molar refractivity (Wildman–Crippen MR) is 82.2 cm³/mol. The summed E-state index contributed by atoms with van der Waals surface area (Å²) < 4.78 is 0. The first-order valence-corrected chi connectivity index (χ1v) is 7.47. The average Bonchev–Trinajstić information content (AvgIpc) is 2.76. The summed E-state index contributed by atoms with van der Waals surface area (Å²) in [5.41, 5.74) is 8.35. The summed E-state index contributed by atoms with van der Waals surface area (Å²) >= 11 is 0. The smallest absolute Gasteiger partial charge is 0.149 e. The first-order valence-electron chi connectivity index (χ1n) is 7.47. The van der Waals surface area contributed by atoms with E-state index in [9.17, 15) is 0 Å². The summed E-state index contributed by atoms with van der Waals surface area (Å²) in [6, 6.07) is 1.99. The van der Waals surface area contributed by atoms with E-state index in [4.69, 9.17) is 5.73 Å². The Kier molecular flexibility index (Phi) is 4.33. The lowest BCUT2D eigenvalue weighted by molar-refractivity contribution is 0.252. The summed E-state index contributed by atoms with van der Waals surface area (Å²) in [5.74, 6) is 1.60. The second-order valence-electron chi connectivity index (χ2n) is 6.61. The summed E-state index contributed by atoms with van der Waals surface area (Å²) in [6.07, 6.45) is 8.58. The first kappa shape index (κ1) is 14.2. The van der Waals surface area contributed by atoms with Crippen LogP contribution in [0.15, 0.2) is 12.3 Å². The van der Waals surface area contributed by atoms with Crippen molar-refractivity contribution in [1.29, 1.82) is 0 Å². The fourth-order valence-corrected chi connectivity index (χ4v) is 3.45. The lowest BCUT2D eigenvalue weighted by Crippen LogP contribution is -2.29. The summed E-state index contributed by atoms with van der Waals surface area (Å²) in [5, 5.41) is 3.49. The van der Waals surface area contributed by atoms with Gasteiger partial charge in [-0.05, 0) is 49.1 Å². The van der Waals surface area contributed by atoms with Crippen LogP contribution in [-0.2, 0) is 0 Å². The molecule has 3 N–H and O–H groups in total. The number of pyridine rings is 1. The first-order chi connectivity index (χ1) is 9.01. The molecule has 0 unspecified atom stereocenters. The molecule has 3 heteroatoms. The van der Waals surface area contributed by atoms with Crippen LogP contribution in [0.1, 0.15) is 51.5 Å². The highest BCUT2D eigenvalue weighted by Crippen LogP contribution is 2.43. The van der Waals surface area contributed by atoms with Crippen molar-refractivity contribution in [3.05, 3.63) is 17.8 Å². The van der Waals surface area contributed by atoms with Gasteiger partial charge in [0.1, 0.15) is 5.82 Å². The fourth-order valence-electron chi connectivity index (χ4n) is 3.45. The molecule has 0 aromatic carbocycles. The van der Waals surface area contributed by atoms with E-state index in [1.165, 1.54) is 32.1 Å². The molecule has 1 aromatic rings. The van der Waals surface area contributed by atoms with Gasteiger partial charge in [0.05, 0.1) is 5.69 Å². The zero-order valence-corrected chi connectivity index (χ0v) is 12.5. The molecule has 0 aliphatic heterocycles. The van der Waals surface area contributed by atoms with Gasteiger partial charge in [-0.15, -0.1) is 0 Å². The van der Waals surface area contributed by atoms with Crippen LogP contribution in [0.25, 0.3) is 0 Å². The number of aromatic nitrogens is 1. The maximum atomic E-state index is 6.03. The molecule has 3 nitrogen and oxygen atoms in total. The van der Waals surface area contributed by atoms with Gasteiger partial charge in [0.25, 0.3) is 0 Å². The number of hydrogen-bond acceptors (Lipinski definition) is 3. The third kappa shape index (κ3) is 3.62. The minimum absolute atomic E-state index is 0.452. The Balaban J connectivity index is 2.02. The zero-order valence-electron chi connectivity index (χ0n) is 12.5. The Hall–Kier alpha value is -1.25. The molecule has 1 saturated carbocycles. The molecule has 0 saturated heterocycles. The number of aryl methyl sites for hydroxylation is 1. The maximum absolute atomic E-state index is 6.03. The van der Waals surface area contributed by atoms with Crippen LogP contribution in [0.5, 0.6) is 0 Å². The van der Waals surface area contributed by atoms with E-state index in [2.05, 4.69) is 24.1 Å². The number of nitrogens with two attached hydrogens (primary N) is 1. The van der Waals surface area contributed by atoms with Gasteiger partial charge in [-0.3, -0.25) is 0 Å². The predicted octanol–water partition coefficient (Wildman–Crippen LogP) is 3.99. The Morgan fingerprint density at radius 1 is 1.37 bits per heavy atom. The molecule has 1 aliphatic rings. The molecule has 2 rings (SSSR count). The average molecular weight is 261 g/mol. The van der Waals surface area contributed by atoms with Crippen molar-refractivity contribution in [2.75, 3.05) is 17.6 Å². The van der Waals surface area contributed by atoms with Crippen LogP contribution in [0, 0.1) is 18.3 Å². The van der Waals surface area contributed by atoms with Crippen molar-refractivity contribution in [3.63, 3.8) is 0 Å². The van der Waals surface area contributed by atoms with E-state index in [1.807, 2.05) is 19.2 Å². The maximum Gasteiger partial charge on any atom is 0.149 e. The van der Waals surface area contributed by atoms with Gasteiger partial charge in [0, 0.05) is 12.7 Å². The van der Waals surface area contributed by atoms with Crippen LogP contribution in [0.3, 0.4) is 0 Å². The van der Waals surface area contributed by atoms with E-state index in [1.54, 1.807) is 0 Å². The Morgan fingerprint density at radius 2 is 2.05 bits per heavy atom. The summed E-state index contributed by atoms with van der Waals surface area (Å²) in [6.45, 7) is 7.66. The van der Waals surface area contributed by atoms with Gasteiger partial charge in [-0.25, -0.2) is 4.98 Å². The molecule has 0 bridgehead atoms. The molecule has 0 atom stereocenters. The van der Waals surface area contributed by atoms with Gasteiger partial charge in [0.2, 0.25) is 0 Å². The third-order valence-corrected chi connectivity index (χ3v) is 4.19. The van der Waals surface area contributed by atoms with Gasteiger partial charge in [-0.1, -0.05) is 26.7 Å². The van der Waals surface area contributed by atoms with Crippen molar-refractivity contribution in [2.45, 2.75) is 52.9 Å². The van der Waals surface area contributed by atoms with E-state index in [-0.39, 0.29) is 0 Å². The van der Waals surface area contributed by atoms with Crippen molar-refractivity contribution in [3.8, 4) is 0 Å². The number of nitrogens with zero attached hydrogens (tertiary/aromatic N) is 1. The van der Waals surface area contributed by atoms with Crippen LogP contribution in [0.2, 0.25) is 0 Å². The van der Waals surface area contributed by atoms with E-state index in [0.717, 1.165) is 29.5 Å². The lowest BCUT2D eigenvalue weighted by atomic mass is 9.78. The van der Waals surface area contributed by atoms with Gasteiger partial charge in [0.15, 0.2) is 0 Å². The Morgan fingerprint density at radius 3 is 2.63 bits per heavy atom.